The lowest BCUT2D eigenvalue weighted by molar-refractivity contribution is 0.0698. The maximum Gasteiger partial charge on any atom is 0.337 e. The van der Waals surface area contributed by atoms with Crippen LogP contribution < -0.4 is 4.72 Å². The van der Waals surface area contributed by atoms with Gasteiger partial charge in [0.1, 0.15) is 0 Å². The second-order valence-corrected chi connectivity index (χ2v) is 7.09. The largest absolute Gasteiger partial charge is 0.478 e. The van der Waals surface area contributed by atoms with Gasteiger partial charge in [0.15, 0.2) is 0 Å². The first-order valence-corrected chi connectivity index (χ1v) is 8.26. The third kappa shape index (κ3) is 3.75. The van der Waals surface area contributed by atoms with Crippen LogP contribution in [0.25, 0.3) is 0 Å². The second-order valence-electron chi connectivity index (χ2n) is 4.05. The molecule has 0 saturated carbocycles. The van der Waals surface area contributed by atoms with E-state index in [-0.39, 0.29) is 16.1 Å². The molecule has 0 atom stereocenters. The van der Waals surface area contributed by atoms with Gasteiger partial charge >= 0.3 is 5.97 Å². The molecule has 0 aromatic heterocycles. The third-order valence-corrected chi connectivity index (χ3v) is 4.71. The van der Waals surface area contributed by atoms with Gasteiger partial charge in [-0.05, 0) is 42.5 Å². The van der Waals surface area contributed by atoms with Gasteiger partial charge in [-0.15, -0.1) is 0 Å². The number of sulfonamides is 1. The topological polar surface area (TPSA) is 83.5 Å². The van der Waals surface area contributed by atoms with Crippen LogP contribution in [0.15, 0.2) is 51.8 Å². The number of halogens is 2. The SMILES string of the molecule is O=C(O)c1ccc(Br)cc1NS(=O)(=O)c1ccc(Cl)cc1. The van der Waals surface area contributed by atoms with Crippen molar-refractivity contribution in [3.63, 3.8) is 0 Å². The summed E-state index contributed by atoms with van der Waals surface area (Å²) in [4.78, 5) is 11.1. The van der Waals surface area contributed by atoms with Crippen molar-refractivity contribution in [2.75, 3.05) is 4.72 Å². The molecule has 0 fully saturated rings. The van der Waals surface area contributed by atoms with Crippen LogP contribution in [0.5, 0.6) is 0 Å². The van der Waals surface area contributed by atoms with Crippen molar-refractivity contribution in [2.45, 2.75) is 4.90 Å². The van der Waals surface area contributed by atoms with Crippen LogP contribution in [0.4, 0.5) is 5.69 Å². The zero-order valence-electron chi connectivity index (χ0n) is 10.4. The number of nitrogens with one attached hydrogen (secondary N) is 1. The first-order valence-electron chi connectivity index (χ1n) is 5.61. The Labute approximate surface area is 134 Å². The molecule has 2 rings (SSSR count). The van der Waals surface area contributed by atoms with Crippen molar-refractivity contribution in [3.8, 4) is 0 Å². The van der Waals surface area contributed by atoms with Crippen molar-refractivity contribution in [1.29, 1.82) is 0 Å². The number of aromatic carboxylic acids is 1. The molecule has 2 aromatic carbocycles. The van der Waals surface area contributed by atoms with Gasteiger partial charge in [-0.3, -0.25) is 4.72 Å². The number of hydrogen-bond acceptors (Lipinski definition) is 3. The molecule has 0 amide bonds. The summed E-state index contributed by atoms with van der Waals surface area (Å²) >= 11 is 8.88. The Morgan fingerprint density at radius 3 is 2.33 bits per heavy atom. The van der Waals surface area contributed by atoms with Crippen molar-refractivity contribution in [3.05, 3.63) is 57.5 Å². The van der Waals surface area contributed by atoms with E-state index in [1.54, 1.807) is 0 Å². The normalized spacial score (nSPS) is 11.1. The maximum absolute atomic E-state index is 12.2. The first-order chi connectivity index (χ1) is 9.79. The van der Waals surface area contributed by atoms with Gasteiger partial charge in [0.25, 0.3) is 10.0 Å². The van der Waals surface area contributed by atoms with Crippen molar-refractivity contribution in [2.24, 2.45) is 0 Å². The Balaban J connectivity index is 2.43. The van der Waals surface area contributed by atoms with Gasteiger partial charge in [-0.25, -0.2) is 13.2 Å². The third-order valence-electron chi connectivity index (χ3n) is 2.58. The Kier molecular flexibility index (Phi) is 4.55. The Hall–Kier alpha value is -1.57. The lowest BCUT2D eigenvalue weighted by Crippen LogP contribution is -2.15. The standard InChI is InChI=1S/C13H9BrClNO4S/c14-8-1-6-11(13(17)18)12(7-8)16-21(19,20)10-4-2-9(15)3-5-10/h1-7,16H,(H,17,18). The van der Waals surface area contributed by atoms with E-state index in [1.807, 2.05) is 0 Å². The summed E-state index contributed by atoms with van der Waals surface area (Å²) < 4.78 is 27.3. The highest BCUT2D eigenvalue weighted by atomic mass is 79.9. The van der Waals surface area contributed by atoms with Crippen LogP contribution in [0.1, 0.15) is 10.4 Å². The first kappa shape index (κ1) is 15.8. The van der Waals surface area contributed by atoms with Gasteiger partial charge in [0.2, 0.25) is 0 Å². The lowest BCUT2D eigenvalue weighted by Gasteiger charge is -2.11. The Morgan fingerprint density at radius 1 is 1.14 bits per heavy atom. The average molecular weight is 391 g/mol. The predicted molar refractivity (Wildman–Crippen MR) is 83.4 cm³/mol. The Morgan fingerprint density at radius 2 is 1.76 bits per heavy atom. The highest BCUT2D eigenvalue weighted by Gasteiger charge is 2.18. The van der Waals surface area contributed by atoms with E-state index < -0.39 is 16.0 Å². The summed E-state index contributed by atoms with van der Waals surface area (Å²) in [5.41, 5.74) is -0.164. The molecular formula is C13H9BrClNO4S. The van der Waals surface area contributed by atoms with E-state index in [0.717, 1.165) is 0 Å². The summed E-state index contributed by atoms with van der Waals surface area (Å²) in [6.07, 6.45) is 0. The summed E-state index contributed by atoms with van der Waals surface area (Å²) in [7, 11) is -3.90. The molecule has 2 aromatic rings. The van der Waals surface area contributed by atoms with E-state index >= 15 is 0 Å². The molecule has 0 spiro atoms. The van der Waals surface area contributed by atoms with Crippen LogP contribution >= 0.6 is 27.5 Å². The van der Waals surface area contributed by atoms with E-state index in [1.165, 1.54) is 42.5 Å². The minimum atomic E-state index is -3.90. The molecule has 0 aliphatic heterocycles. The van der Waals surface area contributed by atoms with Crippen LogP contribution in [0, 0.1) is 0 Å². The summed E-state index contributed by atoms with van der Waals surface area (Å²) in [6.45, 7) is 0. The number of carbonyl (C=O) groups is 1. The van der Waals surface area contributed by atoms with E-state index in [4.69, 9.17) is 16.7 Å². The average Bonchev–Trinajstić information content (AvgIpc) is 2.38. The van der Waals surface area contributed by atoms with E-state index in [2.05, 4.69) is 20.7 Å². The molecule has 2 N–H and O–H groups in total. The fourth-order valence-corrected chi connectivity index (χ4v) is 3.16. The van der Waals surface area contributed by atoms with E-state index in [0.29, 0.717) is 9.50 Å². The van der Waals surface area contributed by atoms with Crippen molar-refractivity contribution in [1.82, 2.24) is 0 Å². The van der Waals surface area contributed by atoms with Crippen LogP contribution in [0.2, 0.25) is 5.02 Å². The number of rotatable bonds is 4. The van der Waals surface area contributed by atoms with Gasteiger partial charge < -0.3 is 5.11 Å². The highest BCUT2D eigenvalue weighted by Crippen LogP contribution is 2.25. The predicted octanol–water partition coefficient (Wildman–Crippen LogP) is 3.60. The van der Waals surface area contributed by atoms with Crippen molar-refractivity contribution < 1.29 is 18.3 Å². The molecule has 0 radical (unpaired) electrons. The molecule has 0 saturated heterocycles. The summed E-state index contributed by atoms with van der Waals surface area (Å²) in [5, 5.41) is 9.50. The highest BCUT2D eigenvalue weighted by molar-refractivity contribution is 9.10. The molecule has 0 heterocycles. The van der Waals surface area contributed by atoms with Crippen molar-refractivity contribution >= 4 is 49.2 Å². The molecule has 0 unspecified atom stereocenters. The zero-order chi connectivity index (χ0) is 15.6. The molecule has 5 nitrogen and oxygen atoms in total. The molecule has 21 heavy (non-hydrogen) atoms. The van der Waals surface area contributed by atoms with Crippen LogP contribution in [-0.4, -0.2) is 19.5 Å². The minimum Gasteiger partial charge on any atom is -0.478 e. The van der Waals surface area contributed by atoms with E-state index in [9.17, 15) is 13.2 Å². The van der Waals surface area contributed by atoms with Crippen LogP contribution in [0.3, 0.4) is 0 Å². The fraction of sp³-hybridized carbons (Fsp3) is 0. The number of hydrogen-bond donors (Lipinski definition) is 2. The quantitative estimate of drug-likeness (QED) is 0.835. The molecule has 0 bridgehead atoms. The molecule has 0 aliphatic rings. The molecule has 110 valence electrons. The summed E-state index contributed by atoms with van der Waals surface area (Å²) in [6, 6.07) is 9.77. The number of carboxylic acid groups (broad SMARTS) is 1. The molecule has 0 aliphatic carbocycles. The number of benzene rings is 2. The smallest absolute Gasteiger partial charge is 0.337 e. The fourth-order valence-electron chi connectivity index (χ4n) is 1.60. The monoisotopic (exact) mass is 389 g/mol. The zero-order valence-corrected chi connectivity index (χ0v) is 13.5. The summed E-state index contributed by atoms with van der Waals surface area (Å²) in [5.74, 6) is -1.23. The number of anilines is 1. The second kappa shape index (κ2) is 6.05. The van der Waals surface area contributed by atoms with Gasteiger partial charge in [-0.1, -0.05) is 27.5 Å². The van der Waals surface area contributed by atoms with Gasteiger partial charge in [0, 0.05) is 9.50 Å². The lowest BCUT2D eigenvalue weighted by atomic mass is 10.2. The molecule has 8 heteroatoms. The number of carboxylic acids is 1. The van der Waals surface area contributed by atoms with Gasteiger partial charge in [-0.2, -0.15) is 0 Å². The van der Waals surface area contributed by atoms with Crippen LogP contribution in [-0.2, 0) is 10.0 Å². The Bertz CT molecular complexity index is 790. The minimum absolute atomic E-state index is 0.0109. The molecular weight excluding hydrogens is 382 g/mol. The maximum atomic E-state index is 12.2. The van der Waals surface area contributed by atoms with Gasteiger partial charge in [0.05, 0.1) is 16.1 Å².